The van der Waals surface area contributed by atoms with Crippen LogP contribution in [0.1, 0.15) is 24.8 Å². The van der Waals surface area contributed by atoms with Gasteiger partial charge in [-0.25, -0.2) is 17.2 Å². The minimum atomic E-state index is -4.21. The van der Waals surface area contributed by atoms with Gasteiger partial charge in [0.05, 0.1) is 17.6 Å². The fourth-order valence-corrected chi connectivity index (χ4v) is 4.69. The van der Waals surface area contributed by atoms with Gasteiger partial charge in [0.2, 0.25) is 10.0 Å². The van der Waals surface area contributed by atoms with E-state index in [4.69, 9.17) is 14.6 Å². The van der Waals surface area contributed by atoms with Crippen LogP contribution in [0.3, 0.4) is 0 Å². The molecule has 0 aliphatic carbocycles. The number of hydrogen-bond donors (Lipinski definition) is 3. The van der Waals surface area contributed by atoms with E-state index in [-0.39, 0.29) is 55.0 Å². The number of nitrogens with one attached hydrogen (secondary N) is 1. The van der Waals surface area contributed by atoms with Crippen LogP contribution >= 0.6 is 0 Å². The lowest BCUT2D eigenvalue weighted by Crippen LogP contribution is -2.60. The van der Waals surface area contributed by atoms with Crippen LogP contribution in [0.15, 0.2) is 47.4 Å². The minimum Gasteiger partial charge on any atom is -0.489 e. The first-order valence-electron chi connectivity index (χ1n) is 9.82. The van der Waals surface area contributed by atoms with Crippen LogP contribution < -0.4 is 9.46 Å². The van der Waals surface area contributed by atoms with Crippen LogP contribution in [0.4, 0.5) is 8.78 Å². The van der Waals surface area contributed by atoms with Gasteiger partial charge in [-0.05, 0) is 55.7 Å². The van der Waals surface area contributed by atoms with Crippen molar-refractivity contribution >= 4 is 16.0 Å². The lowest BCUT2D eigenvalue weighted by atomic mass is 9.90. The quantitative estimate of drug-likeness (QED) is 0.513. The lowest BCUT2D eigenvalue weighted by Gasteiger charge is -2.37. The minimum absolute atomic E-state index is 0.0106. The number of carbonyl (C=O) groups is 1. The zero-order valence-corrected chi connectivity index (χ0v) is 17.8. The summed E-state index contributed by atoms with van der Waals surface area (Å²) >= 11 is 0. The Morgan fingerprint density at radius 1 is 1.22 bits per heavy atom. The van der Waals surface area contributed by atoms with E-state index in [1.807, 2.05) is 0 Å². The summed E-state index contributed by atoms with van der Waals surface area (Å²) in [7, 11) is -4.21. The molecule has 174 valence electrons. The van der Waals surface area contributed by atoms with E-state index in [0.717, 1.165) is 12.1 Å². The SMILES string of the molecule is O=C(O)C1(NS(=O)(=O)c2ccc(OCc3ccc(F)cc3F)cc2)CCC(CCO)OC1. The van der Waals surface area contributed by atoms with Crippen molar-refractivity contribution in [1.82, 2.24) is 4.72 Å². The summed E-state index contributed by atoms with van der Waals surface area (Å²) in [5.74, 6) is -2.58. The van der Waals surface area contributed by atoms with Gasteiger partial charge >= 0.3 is 5.97 Å². The maximum atomic E-state index is 13.7. The first-order chi connectivity index (χ1) is 15.1. The van der Waals surface area contributed by atoms with E-state index in [1.54, 1.807) is 0 Å². The third-order valence-electron chi connectivity index (χ3n) is 5.19. The Kier molecular flexibility index (Phi) is 7.44. The van der Waals surface area contributed by atoms with E-state index in [2.05, 4.69) is 4.72 Å². The van der Waals surface area contributed by atoms with Crippen LogP contribution in [-0.4, -0.2) is 49.5 Å². The molecule has 1 aliphatic rings. The van der Waals surface area contributed by atoms with Crippen molar-refractivity contribution < 1.29 is 41.7 Å². The number of halogens is 2. The van der Waals surface area contributed by atoms with Gasteiger partial charge < -0.3 is 19.7 Å². The van der Waals surface area contributed by atoms with Gasteiger partial charge in [0.15, 0.2) is 5.54 Å². The molecule has 0 amide bonds. The Labute approximate surface area is 183 Å². The molecule has 0 spiro atoms. The number of carboxylic acids is 1. The van der Waals surface area contributed by atoms with Gasteiger partial charge in [-0.15, -0.1) is 0 Å². The second-order valence-corrected chi connectivity index (χ2v) is 9.15. The maximum Gasteiger partial charge on any atom is 0.327 e. The number of hydrogen-bond acceptors (Lipinski definition) is 6. The Hall–Kier alpha value is -2.60. The lowest BCUT2D eigenvalue weighted by molar-refractivity contribution is -0.152. The molecule has 8 nitrogen and oxygen atoms in total. The molecule has 2 aromatic rings. The molecule has 0 aromatic heterocycles. The van der Waals surface area contributed by atoms with Gasteiger partial charge in [0, 0.05) is 18.2 Å². The molecule has 32 heavy (non-hydrogen) atoms. The molecule has 1 fully saturated rings. The van der Waals surface area contributed by atoms with Crippen molar-refractivity contribution in [2.24, 2.45) is 0 Å². The Bertz CT molecular complexity index is 1050. The fraction of sp³-hybridized carbons (Fsp3) is 0.381. The van der Waals surface area contributed by atoms with Crippen molar-refractivity contribution in [2.75, 3.05) is 13.2 Å². The monoisotopic (exact) mass is 471 g/mol. The number of ether oxygens (including phenoxy) is 2. The topological polar surface area (TPSA) is 122 Å². The van der Waals surface area contributed by atoms with Crippen LogP contribution in [0.2, 0.25) is 0 Å². The molecule has 0 saturated carbocycles. The predicted octanol–water partition coefficient (Wildman–Crippen LogP) is 2.21. The molecule has 1 saturated heterocycles. The summed E-state index contributed by atoms with van der Waals surface area (Å²) in [5, 5.41) is 18.6. The highest BCUT2D eigenvalue weighted by atomic mass is 32.2. The number of sulfonamides is 1. The predicted molar refractivity (Wildman–Crippen MR) is 108 cm³/mol. The maximum absolute atomic E-state index is 13.7. The summed E-state index contributed by atoms with van der Waals surface area (Å²) in [6.45, 7) is -0.666. The molecular weight excluding hydrogens is 448 g/mol. The molecule has 1 aliphatic heterocycles. The number of aliphatic hydroxyl groups is 1. The number of carboxylic acid groups (broad SMARTS) is 1. The summed E-state index contributed by atoms with van der Waals surface area (Å²) in [4.78, 5) is 11.7. The largest absolute Gasteiger partial charge is 0.489 e. The van der Waals surface area contributed by atoms with Crippen LogP contribution in [0, 0.1) is 11.6 Å². The number of rotatable bonds is 9. The Morgan fingerprint density at radius 2 is 1.94 bits per heavy atom. The Morgan fingerprint density at radius 3 is 2.50 bits per heavy atom. The summed E-state index contributed by atoms with van der Waals surface area (Å²) < 4.78 is 65.3. The molecule has 2 unspecified atom stereocenters. The summed E-state index contributed by atoms with van der Waals surface area (Å²) in [5.41, 5.74) is -1.69. The van der Waals surface area contributed by atoms with E-state index in [0.29, 0.717) is 6.42 Å². The third-order valence-corrected chi connectivity index (χ3v) is 6.74. The molecule has 2 aromatic carbocycles. The first-order valence-corrected chi connectivity index (χ1v) is 11.3. The van der Waals surface area contributed by atoms with E-state index in [1.165, 1.54) is 30.3 Å². The molecule has 0 radical (unpaired) electrons. The molecule has 3 rings (SSSR count). The first kappa shape index (κ1) is 24.1. The smallest absolute Gasteiger partial charge is 0.327 e. The highest BCUT2D eigenvalue weighted by Crippen LogP contribution is 2.28. The van der Waals surface area contributed by atoms with Gasteiger partial charge in [0.25, 0.3) is 0 Å². The van der Waals surface area contributed by atoms with Gasteiger partial charge in [0.1, 0.15) is 24.0 Å². The molecule has 1 heterocycles. The van der Waals surface area contributed by atoms with Gasteiger partial charge in [-0.1, -0.05) is 0 Å². The third kappa shape index (κ3) is 5.60. The van der Waals surface area contributed by atoms with Gasteiger partial charge in [-0.2, -0.15) is 4.72 Å². The standard InChI is InChI=1S/C21H23F2NO7S/c22-15-2-1-14(19(23)11-15)12-30-16-3-5-18(6-4-16)32(28,29)24-21(20(26)27)9-7-17(8-10-25)31-13-21/h1-6,11,17,24-25H,7-10,12-13H2,(H,26,27). The van der Waals surface area contributed by atoms with Crippen molar-refractivity contribution in [3.8, 4) is 5.75 Å². The molecule has 0 bridgehead atoms. The zero-order chi connectivity index (χ0) is 23.4. The average molecular weight is 471 g/mol. The van der Waals surface area contributed by atoms with Crippen LogP contribution in [0.25, 0.3) is 0 Å². The summed E-state index contributed by atoms with van der Waals surface area (Å²) in [6.07, 6.45) is 0.296. The average Bonchev–Trinajstić information content (AvgIpc) is 2.75. The molecule has 2 atom stereocenters. The second kappa shape index (κ2) is 9.90. The highest BCUT2D eigenvalue weighted by molar-refractivity contribution is 7.89. The van der Waals surface area contributed by atoms with Crippen molar-refractivity contribution in [2.45, 2.75) is 42.4 Å². The second-order valence-electron chi connectivity index (χ2n) is 7.47. The number of aliphatic carboxylic acids is 1. The molecule has 3 N–H and O–H groups in total. The number of benzene rings is 2. The van der Waals surface area contributed by atoms with Crippen LogP contribution in [-0.2, 0) is 26.2 Å². The molecule has 11 heteroatoms. The van der Waals surface area contributed by atoms with E-state index >= 15 is 0 Å². The highest BCUT2D eigenvalue weighted by Gasteiger charge is 2.46. The normalized spacial score (nSPS) is 21.3. The zero-order valence-electron chi connectivity index (χ0n) is 17.0. The fourth-order valence-electron chi connectivity index (χ4n) is 3.32. The van der Waals surface area contributed by atoms with Crippen LogP contribution in [0.5, 0.6) is 5.75 Å². The Balaban J connectivity index is 1.68. The van der Waals surface area contributed by atoms with Gasteiger partial charge in [-0.3, -0.25) is 4.79 Å². The number of aliphatic hydroxyl groups excluding tert-OH is 1. The molecular formula is C21H23F2NO7S. The van der Waals surface area contributed by atoms with E-state index in [9.17, 15) is 27.1 Å². The van der Waals surface area contributed by atoms with Crippen molar-refractivity contribution in [1.29, 1.82) is 0 Å². The summed E-state index contributed by atoms with van der Waals surface area (Å²) in [6, 6.07) is 8.23. The van der Waals surface area contributed by atoms with E-state index < -0.39 is 33.2 Å². The van der Waals surface area contributed by atoms with Crippen molar-refractivity contribution in [3.05, 3.63) is 59.7 Å². The van der Waals surface area contributed by atoms with Crippen molar-refractivity contribution in [3.63, 3.8) is 0 Å².